The Morgan fingerprint density at radius 1 is 1.32 bits per heavy atom. The molecule has 110 valence electrons. The summed E-state index contributed by atoms with van der Waals surface area (Å²) in [6, 6.07) is -1.22. The van der Waals surface area contributed by atoms with Crippen molar-refractivity contribution in [3.8, 4) is 0 Å². The Kier molecular flexibility index (Phi) is 6.05. The topological polar surface area (TPSA) is 66.4 Å². The maximum Gasteiger partial charge on any atom is 0.394 e. The van der Waals surface area contributed by atoms with Crippen LogP contribution in [0.2, 0.25) is 0 Å². The fourth-order valence-corrected chi connectivity index (χ4v) is 1.24. The minimum absolute atomic E-state index is 0.0318. The molecule has 1 amide bonds. The van der Waals surface area contributed by atoms with Gasteiger partial charge in [-0.2, -0.15) is 13.2 Å². The molecule has 0 aromatic rings. The van der Waals surface area contributed by atoms with Crippen LogP contribution in [0, 0.1) is 5.41 Å². The maximum absolute atomic E-state index is 12.6. The van der Waals surface area contributed by atoms with E-state index in [1.54, 1.807) is 13.0 Å². The number of amides is 1. The monoisotopic (exact) mass is 281 g/mol. The lowest BCUT2D eigenvalue weighted by atomic mass is 9.88. The molecule has 0 fully saturated rings. The smallest absolute Gasteiger partial charge is 0.394 e. The number of hydrogen-bond acceptors (Lipinski definition) is 2. The van der Waals surface area contributed by atoms with Crippen molar-refractivity contribution in [1.29, 1.82) is 0 Å². The van der Waals surface area contributed by atoms with Crippen molar-refractivity contribution in [1.82, 2.24) is 5.32 Å². The second kappa shape index (κ2) is 6.58. The molecule has 4 nitrogen and oxygen atoms in total. The fraction of sp³-hybridized carbons (Fsp3) is 0.667. The Morgan fingerprint density at radius 3 is 2.21 bits per heavy atom. The number of hydrogen-bond donors (Lipinski definition) is 2. The van der Waals surface area contributed by atoms with Gasteiger partial charge in [0.1, 0.15) is 6.04 Å². The first-order chi connectivity index (χ1) is 8.51. The number of nitrogens with one attached hydrogen (secondary N) is 1. The van der Waals surface area contributed by atoms with Crippen molar-refractivity contribution in [2.45, 2.75) is 45.8 Å². The van der Waals surface area contributed by atoms with Crippen molar-refractivity contribution in [2.75, 3.05) is 0 Å². The predicted molar refractivity (Wildman–Crippen MR) is 63.5 cm³/mol. The number of carboxylic acids is 1. The normalized spacial score (nSPS) is 14.4. The molecule has 0 saturated heterocycles. The summed E-state index contributed by atoms with van der Waals surface area (Å²) < 4.78 is 37.8. The van der Waals surface area contributed by atoms with E-state index in [-0.39, 0.29) is 6.42 Å². The molecule has 1 atom stereocenters. The average Bonchev–Trinajstić information content (AvgIpc) is 2.21. The van der Waals surface area contributed by atoms with E-state index >= 15 is 0 Å². The Hall–Kier alpha value is -1.53. The zero-order valence-corrected chi connectivity index (χ0v) is 11.0. The molecule has 0 aromatic carbocycles. The van der Waals surface area contributed by atoms with Crippen LogP contribution in [-0.2, 0) is 9.59 Å². The van der Waals surface area contributed by atoms with Gasteiger partial charge in [-0.15, -0.1) is 0 Å². The number of aliphatic carboxylic acids is 1. The van der Waals surface area contributed by atoms with Gasteiger partial charge in [0.05, 0.1) is 5.41 Å². The van der Waals surface area contributed by atoms with E-state index in [9.17, 15) is 22.8 Å². The molecule has 0 heterocycles. The zero-order chi connectivity index (χ0) is 15.3. The summed E-state index contributed by atoms with van der Waals surface area (Å²) in [5, 5.41) is 10.9. The van der Waals surface area contributed by atoms with Crippen LogP contribution in [0.15, 0.2) is 12.2 Å². The van der Waals surface area contributed by atoms with Gasteiger partial charge >= 0.3 is 12.1 Å². The molecule has 0 aromatic heterocycles. The SMILES string of the molecule is C/C=C/CC(NC(=O)CC(C)(C)C(F)(F)F)C(=O)O. The van der Waals surface area contributed by atoms with Crippen molar-refractivity contribution in [2.24, 2.45) is 5.41 Å². The van der Waals surface area contributed by atoms with E-state index in [0.717, 1.165) is 13.8 Å². The zero-order valence-electron chi connectivity index (χ0n) is 11.0. The van der Waals surface area contributed by atoms with Crippen molar-refractivity contribution >= 4 is 11.9 Å². The van der Waals surface area contributed by atoms with Crippen LogP contribution < -0.4 is 5.32 Å². The molecule has 19 heavy (non-hydrogen) atoms. The first kappa shape index (κ1) is 17.5. The number of alkyl halides is 3. The summed E-state index contributed by atoms with van der Waals surface area (Å²) >= 11 is 0. The number of carbonyl (C=O) groups is 2. The average molecular weight is 281 g/mol. The third kappa shape index (κ3) is 5.76. The second-order valence-corrected chi connectivity index (χ2v) is 4.82. The summed E-state index contributed by atoms with van der Waals surface area (Å²) in [6.07, 6.45) is -2.18. The summed E-state index contributed by atoms with van der Waals surface area (Å²) in [6.45, 7) is 3.47. The molecule has 7 heteroatoms. The highest BCUT2D eigenvalue weighted by molar-refractivity contribution is 5.84. The fourth-order valence-electron chi connectivity index (χ4n) is 1.24. The molecule has 0 saturated carbocycles. The van der Waals surface area contributed by atoms with E-state index in [4.69, 9.17) is 5.11 Å². The standard InChI is InChI=1S/C12H18F3NO3/c1-4-5-6-8(10(18)19)16-9(17)7-11(2,3)12(13,14)15/h4-5,8H,6-7H2,1-3H3,(H,16,17)(H,18,19)/b5-4+. The van der Waals surface area contributed by atoms with E-state index in [0.29, 0.717) is 0 Å². The third-order valence-electron chi connectivity index (χ3n) is 2.61. The van der Waals surface area contributed by atoms with Gasteiger partial charge < -0.3 is 10.4 Å². The minimum atomic E-state index is -4.52. The van der Waals surface area contributed by atoms with Crippen molar-refractivity contribution in [3.05, 3.63) is 12.2 Å². The number of carboxylic acid groups (broad SMARTS) is 1. The molecule has 2 N–H and O–H groups in total. The van der Waals surface area contributed by atoms with Crippen molar-refractivity contribution < 1.29 is 27.9 Å². The quantitative estimate of drug-likeness (QED) is 0.735. The van der Waals surface area contributed by atoms with Gasteiger partial charge in [0.15, 0.2) is 0 Å². The molecule has 0 aliphatic rings. The Bertz CT molecular complexity index is 362. The summed E-state index contributed by atoms with van der Waals surface area (Å²) in [5.74, 6) is -2.21. The van der Waals surface area contributed by atoms with E-state index < -0.39 is 35.9 Å². The van der Waals surface area contributed by atoms with Crippen LogP contribution >= 0.6 is 0 Å². The molecule has 0 bridgehead atoms. The van der Waals surface area contributed by atoms with Gasteiger partial charge in [-0.25, -0.2) is 4.79 Å². The van der Waals surface area contributed by atoms with Gasteiger partial charge in [-0.1, -0.05) is 26.0 Å². The number of allylic oxidation sites excluding steroid dienone is 1. The van der Waals surface area contributed by atoms with Crippen LogP contribution in [0.5, 0.6) is 0 Å². The minimum Gasteiger partial charge on any atom is -0.480 e. The molecule has 1 unspecified atom stereocenters. The molecule has 0 rings (SSSR count). The highest BCUT2D eigenvalue weighted by Gasteiger charge is 2.48. The Balaban J connectivity index is 4.63. The van der Waals surface area contributed by atoms with Gasteiger partial charge in [0.2, 0.25) is 5.91 Å². The molecule has 0 radical (unpaired) electrons. The lowest BCUT2D eigenvalue weighted by Gasteiger charge is -2.27. The largest absolute Gasteiger partial charge is 0.480 e. The van der Waals surface area contributed by atoms with E-state index in [1.165, 1.54) is 6.08 Å². The molecular weight excluding hydrogens is 263 g/mol. The number of carbonyl (C=O) groups excluding carboxylic acids is 1. The Labute approximate surface area is 109 Å². The van der Waals surface area contributed by atoms with Crippen LogP contribution in [-0.4, -0.2) is 29.2 Å². The van der Waals surface area contributed by atoms with E-state index in [1.807, 2.05) is 0 Å². The first-order valence-corrected chi connectivity index (χ1v) is 5.71. The lowest BCUT2D eigenvalue weighted by molar-refractivity contribution is -0.213. The number of rotatable bonds is 6. The highest BCUT2D eigenvalue weighted by atomic mass is 19.4. The summed E-state index contributed by atoms with van der Waals surface area (Å²) in [5.41, 5.74) is -2.19. The van der Waals surface area contributed by atoms with Crippen LogP contribution in [0.25, 0.3) is 0 Å². The molecule has 0 aliphatic carbocycles. The Morgan fingerprint density at radius 2 is 1.84 bits per heavy atom. The molecular formula is C12H18F3NO3. The van der Waals surface area contributed by atoms with Gasteiger partial charge in [0, 0.05) is 6.42 Å². The first-order valence-electron chi connectivity index (χ1n) is 5.71. The van der Waals surface area contributed by atoms with Gasteiger partial charge in [-0.05, 0) is 13.3 Å². The number of halogens is 3. The van der Waals surface area contributed by atoms with Crippen LogP contribution in [0.4, 0.5) is 13.2 Å². The second-order valence-electron chi connectivity index (χ2n) is 4.82. The van der Waals surface area contributed by atoms with E-state index in [2.05, 4.69) is 5.32 Å². The third-order valence-corrected chi connectivity index (χ3v) is 2.61. The maximum atomic E-state index is 12.6. The summed E-state index contributed by atoms with van der Waals surface area (Å²) in [7, 11) is 0. The van der Waals surface area contributed by atoms with Gasteiger partial charge in [-0.3, -0.25) is 4.79 Å². The summed E-state index contributed by atoms with van der Waals surface area (Å²) in [4.78, 5) is 22.3. The van der Waals surface area contributed by atoms with Crippen molar-refractivity contribution in [3.63, 3.8) is 0 Å². The van der Waals surface area contributed by atoms with Crippen LogP contribution in [0.1, 0.15) is 33.6 Å². The van der Waals surface area contributed by atoms with Crippen LogP contribution in [0.3, 0.4) is 0 Å². The lowest BCUT2D eigenvalue weighted by Crippen LogP contribution is -2.44. The molecule has 0 aliphatic heterocycles. The highest BCUT2D eigenvalue weighted by Crippen LogP contribution is 2.40. The van der Waals surface area contributed by atoms with Gasteiger partial charge in [0.25, 0.3) is 0 Å². The predicted octanol–water partition coefficient (Wildman–Crippen LogP) is 2.50. The molecule has 0 spiro atoms.